The molecule has 1 amide bonds. The van der Waals surface area contributed by atoms with Gasteiger partial charge < -0.3 is 15.8 Å². The summed E-state index contributed by atoms with van der Waals surface area (Å²) in [6, 6.07) is 6.06. The van der Waals surface area contributed by atoms with Crippen molar-refractivity contribution in [3.8, 4) is 5.75 Å². The molecule has 1 atom stereocenters. The molecule has 0 saturated heterocycles. The maximum atomic E-state index is 11.6. The first-order valence-corrected chi connectivity index (χ1v) is 7.34. The molecule has 0 unspecified atom stereocenters. The standard InChI is InChI=1S/C16H24N2O2/c1-11(2)9-18-16(19)10-20-13-7-6-12-4-3-5-15(17)14(12)8-13/h6-8,11,15H,3-5,9-10,17H2,1-2H3,(H,18,19)/t15-/m1/s1. The van der Waals surface area contributed by atoms with Crippen molar-refractivity contribution < 1.29 is 9.53 Å². The zero-order valence-electron chi connectivity index (χ0n) is 12.3. The molecule has 2 rings (SSSR count). The minimum Gasteiger partial charge on any atom is -0.484 e. The number of carbonyl (C=O) groups is 1. The van der Waals surface area contributed by atoms with Gasteiger partial charge in [0, 0.05) is 12.6 Å². The Bertz CT molecular complexity index is 472. The summed E-state index contributed by atoms with van der Waals surface area (Å²) < 4.78 is 5.55. The minimum absolute atomic E-state index is 0.0563. The van der Waals surface area contributed by atoms with Crippen molar-refractivity contribution in [1.29, 1.82) is 0 Å². The number of hydrogen-bond donors (Lipinski definition) is 2. The Morgan fingerprint density at radius 1 is 1.50 bits per heavy atom. The van der Waals surface area contributed by atoms with Gasteiger partial charge in [-0.3, -0.25) is 4.79 Å². The van der Waals surface area contributed by atoms with E-state index >= 15 is 0 Å². The lowest BCUT2D eigenvalue weighted by Gasteiger charge is -2.22. The van der Waals surface area contributed by atoms with E-state index in [-0.39, 0.29) is 18.6 Å². The number of aryl methyl sites for hydroxylation is 1. The maximum Gasteiger partial charge on any atom is 0.257 e. The van der Waals surface area contributed by atoms with E-state index in [1.165, 1.54) is 5.56 Å². The fraction of sp³-hybridized carbons (Fsp3) is 0.562. The quantitative estimate of drug-likeness (QED) is 0.866. The van der Waals surface area contributed by atoms with Crippen LogP contribution in [0, 0.1) is 5.92 Å². The Morgan fingerprint density at radius 2 is 2.30 bits per heavy atom. The molecule has 0 radical (unpaired) electrons. The van der Waals surface area contributed by atoms with Crippen molar-refractivity contribution in [2.24, 2.45) is 11.7 Å². The predicted molar refractivity (Wildman–Crippen MR) is 79.7 cm³/mol. The van der Waals surface area contributed by atoms with Gasteiger partial charge in [-0.05, 0) is 48.4 Å². The molecule has 0 fully saturated rings. The smallest absolute Gasteiger partial charge is 0.257 e. The van der Waals surface area contributed by atoms with Gasteiger partial charge in [-0.15, -0.1) is 0 Å². The SMILES string of the molecule is CC(C)CNC(=O)COc1ccc2c(c1)[C@H](N)CCC2. The topological polar surface area (TPSA) is 64.3 Å². The molecule has 1 aliphatic carbocycles. The third-order valence-corrected chi connectivity index (χ3v) is 3.56. The van der Waals surface area contributed by atoms with Gasteiger partial charge in [-0.2, -0.15) is 0 Å². The van der Waals surface area contributed by atoms with Crippen molar-refractivity contribution in [1.82, 2.24) is 5.32 Å². The van der Waals surface area contributed by atoms with E-state index in [0.29, 0.717) is 12.5 Å². The number of fused-ring (bicyclic) bond motifs is 1. The summed E-state index contributed by atoms with van der Waals surface area (Å²) in [7, 11) is 0. The van der Waals surface area contributed by atoms with Gasteiger partial charge in [0.25, 0.3) is 5.91 Å². The van der Waals surface area contributed by atoms with Crippen LogP contribution in [0.3, 0.4) is 0 Å². The van der Waals surface area contributed by atoms with Crippen molar-refractivity contribution in [2.75, 3.05) is 13.2 Å². The van der Waals surface area contributed by atoms with Crippen molar-refractivity contribution >= 4 is 5.91 Å². The highest BCUT2D eigenvalue weighted by molar-refractivity contribution is 5.77. The third kappa shape index (κ3) is 3.97. The molecular weight excluding hydrogens is 252 g/mol. The lowest BCUT2D eigenvalue weighted by Crippen LogP contribution is -2.31. The molecule has 1 aromatic rings. The Hall–Kier alpha value is -1.55. The van der Waals surface area contributed by atoms with Crippen LogP contribution in [0.4, 0.5) is 0 Å². The molecule has 0 spiro atoms. The van der Waals surface area contributed by atoms with Crippen LogP contribution in [-0.4, -0.2) is 19.1 Å². The number of nitrogens with two attached hydrogens (primary N) is 1. The molecule has 4 nitrogen and oxygen atoms in total. The van der Waals surface area contributed by atoms with Gasteiger partial charge in [0.15, 0.2) is 6.61 Å². The van der Waals surface area contributed by atoms with Crippen LogP contribution in [0.25, 0.3) is 0 Å². The number of nitrogens with one attached hydrogen (secondary N) is 1. The Labute approximate surface area is 120 Å². The van der Waals surface area contributed by atoms with Crippen LogP contribution >= 0.6 is 0 Å². The Balaban J connectivity index is 1.90. The molecule has 4 heteroatoms. The van der Waals surface area contributed by atoms with Gasteiger partial charge in [0.1, 0.15) is 5.75 Å². The molecular formula is C16H24N2O2. The summed E-state index contributed by atoms with van der Waals surface area (Å²) in [4.78, 5) is 11.6. The number of amides is 1. The van der Waals surface area contributed by atoms with E-state index in [1.54, 1.807) is 0 Å². The first kappa shape index (κ1) is 14.9. The molecule has 3 N–H and O–H groups in total. The Morgan fingerprint density at radius 3 is 3.05 bits per heavy atom. The Kier molecular flexibility index (Phi) is 5.01. The van der Waals surface area contributed by atoms with E-state index in [4.69, 9.17) is 10.5 Å². The van der Waals surface area contributed by atoms with E-state index in [2.05, 4.69) is 25.2 Å². The minimum atomic E-state index is -0.0827. The molecule has 0 saturated carbocycles. The zero-order valence-corrected chi connectivity index (χ0v) is 12.3. The van der Waals surface area contributed by atoms with E-state index in [0.717, 1.165) is 30.6 Å². The largest absolute Gasteiger partial charge is 0.484 e. The zero-order chi connectivity index (χ0) is 14.5. The average molecular weight is 276 g/mol. The fourth-order valence-electron chi connectivity index (χ4n) is 2.42. The van der Waals surface area contributed by atoms with Crippen molar-refractivity contribution in [2.45, 2.75) is 39.2 Å². The maximum absolute atomic E-state index is 11.6. The van der Waals surface area contributed by atoms with E-state index in [1.807, 2.05) is 12.1 Å². The number of benzene rings is 1. The van der Waals surface area contributed by atoms with Crippen LogP contribution in [0.15, 0.2) is 18.2 Å². The molecule has 0 bridgehead atoms. The van der Waals surface area contributed by atoms with Crippen LogP contribution < -0.4 is 15.8 Å². The first-order chi connectivity index (χ1) is 9.56. The van der Waals surface area contributed by atoms with Gasteiger partial charge in [-0.1, -0.05) is 19.9 Å². The van der Waals surface area contributed by atoms with Crippen LogP contribution in [0.2, 0.25) is 0 Å². The van der Waals surface area contributed by atoms with Gasteiger partial charge in [0.05, 0.1) is 0 Å². The van der Waals surface area contributed by atoms with E-state index < -0.39 is 0 Å². The molecule has 1 aromatic carbocycles. The average Bonchev–Trinajstić information content (AvgIpc) is 2.43. The normalized spacial score (nSPS) is 17.7. The summed E-state index contributed by atoms with van der Waals surface area (Å²) in [6.45, 7) is 4.86. The number of ether oxygens (including phenoxy) is 1. The highest BCUT2D eigenvalue weighted by Crippen LogP contribution is 2.30. The summed E-state index contributed by atoms with van der Waals surface area (Å²) in [5.74, 6) is 1.09. The highest BCUT2D eigenvalue weighted by atomic mass is 16.5. The molecule has 20 heavy (non-hydrogen) atoms. The van der Waals surface area contributed by atoms with Crippen LogP contribution in [0.1, 0.15) is 43.9 Å². The lowest BCUT2D eigenvalue weighted by atomic mass is 9.88. The monoisotopic (exact) mass is 276 g/mol. The molecule has 0 aromatic heterocycles. The summed E-state index contributed by atoms with van der Waals surface area (Å²) in [6.07, 6.45) is 3.25. The molecule has 1 aliphatic rings. The first-order valence-electron chi connectivity index (χ1n) is 7.34. The van der Waals surface area contributed by atoms with Gasteiger partial charge in [-0.25, -0.2) is 0 Å². The van der Waals surface area contributed by atoms with E-state index in [9.17, 15) is 4.79 Å². The second-order valence-electron chi connectivity index (χ2n) is 5.85. The predicted octanol–water partition coefficient (Wildman–Crippen LogP) is 2.17. The second kappa shape index (κ2) is 6.75. The summed E-state index contributed by atoms with van der Waals surface area (Å²) in [5.41, 5.74) is 8.59. The van der Waals surface area contributed by atoms with Crippen molar-refractivity contribution in [3.05, 3.63) is 29.3 Å². The van der Waals surface area contributed by atoms with Gasteiger partial charge >= 0.3 is 0 Å². The highest BCUT2D eigenvalue weighted by Gasteiger charge is 2.17. The molecule has 0 heterocycles. The van der Waals surface area contributed by atoms with Gasteiger partial charge in [0.2, 0.25) is 0 Å². The molecule has 0 aliphatic heterocycles. The third-order valence-electron chi connectivity index (χ3n) is 3.56. The number of carbonyl (C=O) groups excluding carboxylic acids is 1. The fourth-order valence-corrected chi connectivity index (χ4v) is 2.42. The second-order valence-corrected chi connectivity index (χ2v) is 5.85. The number of hydrogen-bond acceptors (Lipinski definition) is 3. The summed E-state index contributed by atoms with van der Waals surface area (Å²) in [5, 5.41) is 2.83. The number of rotatable bonds is 5. The van der Waals surface area contributed by atoms with Crippen LogP contribution in [0.5, 0.6) is 5.75 Å². The lowest BCUT2D eigenvalue weighted by molar-refractivity contribution is -0.123. The van der Waals surface area contributed by atoms with Crippen molar-refractivity contribution in [3.63, 3.8) is 0 Å². The summed E-state index contributed by atoms with van der Waals surface area (Å²) >= 11 is 0. The van der Waals surface area contributed by atoms with Crippen LogP contribution in [-0.2, 0) is 11.2 Å². The molecule has 110 valence electrons.